The van der Waals surface area contributed by atoms with Crippen LogP contribution in [0.3, 0.4) is 0 Å². The third-order valence-corrected chi connectivity index (χ3v) is 4.50. The number of aliphatic hydroxyl groups is 1. The smallest absolute Gasteiger partial charge is 0.221 e. The van der Waals surface area contributed by atoms with Gasteiger partial charge < -0.3 is 19.9 Å². The molecule has 3 rings (SSSR count). The number of carbonyl (C=O) groups excluding carboxylic acids is 1. The number of rotatable bonds is 8. The number of anilines is 1. The Kier molecular flexibility index (Phi) is 7.00. The fraction of sp³-hybridized carbons (Fsp3) is 0.381. The number of carbonyl (C=O) groups is 1. The van der Waals surface area contributed by atoms with Gasteiger partial charge in [0, 0.05) is 32.6 Å². The van der Waals surface area contributed by atoms with E-state index in [1.54, 1.807) is 12.1 Å². The average molecular weight is 406 g/mol. The third-order valence-electron chi connectivity index (χ3n) is 4.50. The molecule has 2 unspecified atom stereocenters. The Morgan fingerprint density at radius 3 is 2.69 bits per heavy atom. The Bertz CT molecular complexity index is 832. The van der Waals surface area contributed by atoms with E-state index >= 15 is 0 Å². The summed E-state index contributed by atoms with van der Waals surface area (Å²) >= 11 is 0. The second kappa shape index (κ2) is 9.67. The van der Waals surface area contributed by atoms with E-state index in [1.807, 2.05) is 4.90 Å². The highest BCUT2D eigenvalue weighted by Crippen LogP contribution is 2.26. The van der Waals surface area contributed by atoms with Crippen molar-refractivity contribution >= 4 is 11.6 Å². The molecule has 2 aromatic rings. The van der Waals surface area contributed by atoms with Gasteiger partial charge in [-0.2, -0.15) is 0 Å². The summed E-state index contributed by atoms with van der Waals surface area (Å²) in [4.78, 5) is 13.3. The van der Waals surface area contributed by atoms with Crippen molar-refractivity contribution in [3.63, 3.8) is 0 Å². The van der Waals surface area contributed by atoms with Crippen molar-refractivity contribution in [2.45, 2.75) is 25.6 Å². The number of β-amino-alcohol motifs (C(OH)–C–C–N with tert-alkyl or cyclic N) is 1. The van der Waals surface area contributed by atoms with Crippen LogP contribution in [0.1, 0.15) is 13.3 Å². The largest absolute Gasteiger partial charge is 0.489 e. The number of amides is 1. The number of nitrogens with one attached hydrogen (secondary N) is 1. The Morgan fingerprint density at radius 1 is 1.24 bits per heavy atom. The van der Waals surface area contributed by atoms with Crippen LogP contribution in [0, 0.1) is 11.6 Å². The summed E-state index contributed by atoms with van der Waals surface area (Å²) in [5.41, 5.74) is 0.347. The van der Waals surface area contributed by atoms with Crippen molar-refractivity contribution in [2.24, 2.45) is 0 Å². The Morgan fingerprint density at radius 2 is 1.97 bits per heavy atom. The second-order valence-corrected chi connectivity index (χ2v) is 7.03. The molecule has 1 aliphatic rings. The fourth-order valence-corrected chi connectivity index (χ4v) is 3.21. The lowest BCUT2D eigenvalue weighted by atomic mass is 10.2. The van der Waals surface area contributed by atoms with E-state index in [2.05, 4.69) is 5.32 Å². The summed E-state index contributed by atoms with van der Waals surface area (Å²) in [6.07, 6.45) is -0.0437. The van der Waals surface area contributed by atoms with E-state index in [-0.39, 0.29) is 30.2 Å². The number of aliphatic hydroxyl groups excluding tert-OH is 1. The molecule has 1 saturated heterocycles. The zero-order chi connectivity index (χ0) is 20.8. The maximum atomic E-state index is 13.5. The maximum Gasteiger partial charge on any atom is 0.221 e. The molecule has 0 bridgehead atoms. The van der Waals surface area contributed by atoms with Crippen LogP contribution in [0.2, 0.25) is 0 Å². The molecule has 1 fully saturated rings. The highest BCUT2D eigenvalue weighted by atomic mass is 19.1. The van der Waals surface area contributed by atoms with E-state index < -0.39 is 11.9 Å². The summed E-state index contributed by atoms with van der Waals surface area (Å²) in [6, 6.07) is 9.69. The van der Waals surface area contributed by atoms with Crippen LogP contribution in [0.4, 0.5) is 14.5 Å². The Labute approximate surface area is 168 Å². The number of halogens is 2. The van der Waals surface area contributed by atoms with Crippen molar-refractivity contribution < 1.29 is 28.2 Å². The van der Waals surface area contributed by atoms with Crippen LogP contribution in [0.25, 0.3) is 0 Å². The van der Waals surface area contributed by atoms with Crippen molar-refractivity contribution in [3.05, 3.63) is 54.1 Å². The van der Waals surface area contributed by atoms with Crippen LogP contribution in [0.5, 0.6) is 11.5 Å². The van der Waals surface area contributed by atoms with E-state index in [1.165, 1.54) is 37.3 Å². The lowest BCUT2D eigenvalue weighted by Gasteiger charge is -2.21. The van der Waals surface area contributed by atoms with Gasteiger partial charge in [0.2, 0.25) is 5.91 Å². The number of nitrogens with zero attached hydrogens (tertiary/aromatic N) is 1. The SMILES string of the molecule is CC(=O)Nc1ccc(F)cc1OCC(O)CN1CCC(Oc2ccc(F)cc2)C1. The van der Waals surface area contributed by atoms with Gasteiger partial charge in [0.25, 0.3) is 0 Å². The van der Waals surface area contributed by atoms with Crippen molar-refractivity contribution in [2.75, 3.05) is 31.6 Å². The molecule has 6 nitrogen and oxygen atoms in total. The highest BCUT2D eigenvalue weighted by Gasteiger charge is 2.26. The predicted octanol–water partition coefficient (Wildman–Crippen LogP) is 2.82. The van der Waals surface area contributed by atoms with Gasteiger partial charge in [-0.15, -0.1) is 0 Å². The van der Waals surface area contributed by atoms with E-state index in [9.17, 15) is 18.7 Å². The summed E-state index contributed by atoms with van der Waals surface area (Å²) in [5.74, 6) is -0.333. The van der Waals surface area contributed by atoms with Crippen molar-refractivity contribution in [1.29, 1.82) is 0 Å². The second-order valence-electron chi connectivity index (χ2n) is 7.03. The topological polar surface area (TPSA) is 71.0 Å². The molecule has 0 saturated carbocycles. The van der Waals surface area contributed by atoms with Crippen LogP contribution < -0.4 is 14.8 Å². The first-order valence-electron chi connectivity index (χ1n) is 9.41. The summed E-state index contributed by atoms with van der Waals surface area (Å²) in [5, 5.41) is 12.9. The number of hydrogen-bond donors (Lipinski definition) is 2. The molecule has 0 aromatic heterocycles. The molecule has 8 heteroatoms. The minimum atomic E-state index is -0.798. The molecule has 0 spiro atoms. The molecule has 2 N–H and O–H groups in total. The molecule has 156 valence electrons. The number of likely N-dealkylation sites (tertiary alicyclic amines) is 1. The number of benzene rings is 2. The average Bonchev–Trinajstić information content (AvgIpc) is 3.10. The molecule has 2 aromatic carbocycles. The van der Waals surface area contributed by atoms with Gasteiger partial charge in [-0.1, -0.05) is 0 Å². The van der Waals surface area contributed by atoms with E-state index in [0.717, 1.165) is 13.0 Å². The van der Waals surface area contributed by atoms with Gasteiger partial charge in [-0.05, 0) is 42.8 Å². The molecule has 1 heterocycles. The van der Waals surface area contributed by atoms with Gasteiger partial charge in [-0.25, -0.2) is 8.78 Å². The molecular weight excluding hydrogens is 382 g/mol. The molecule has 0 aliphatic carbocycles. The number of hydrogen-bond acceptors (Lipinski definition) is 5. The standard InChI is InChI=1S/C21H24F2N2O4/c1-14(26)24-20-7-4-16(23)10-21(20)28-13-17(27)11-25-9-8-19(12-25)29-18-5-2-15(22)3-6-18/h2-7,10,17,19,27H,8-9,11-13H2,1H3,(H,24,26). The monoisotopic (exact) mass is 406 g/mol. The zero-order valence-corrected chi connectivity index (χ0v) is 16.1. The Balaban J connectivity index is 1.46. The first-order chi connectivity index (χ1) is 13.9. The number of ether oxygens (including phenoxy) is 2. The van der Waals surface area contributed by atoms with Gasteiger partial charge >= 0.3 is 0 Å². The summed E-state index contributed by atoms with van der Waals surface area (Å²) in [6.45, 7) is 3.05. The summed E-state index contributed by atoms with van der Waals surface area (Å²) in [7, 11) is 0. The van der Waals surface area contributed by atoms with Gasteiger partial charge in [0.15, 0.2) is 0 Å². The maximum absolute atomic E-state index is 13.5. The first-order valence-corrected chi connectivity index (χ1v) is 9.41. The normalized spacial score (nSPS) is 17.7. The first kappa shape index (κ1) is 21.0. The van der Waals surface area contributed by atoms with Crippen LogP contribution in [0.15, 0.2) is 42.5 Å². The minimum Gasteiger partial charge on any atom is -0.489 e. The van der Waals surface area contributed by atoms with Gasteiger partial charge in [-0.3, -0.25) is 9.69 Å². The quantitative estimate of drug-likeness (QED) is 0.706. The van der Waals surface area contributed by atoms with E-state index in [0.29, 0.717) is 24.5 Å². The third kappa shape index (κ3) is 6.40. The van der Waals surface area contributed by atoms with Crippen LogP contribution in [-0.4, -0.2) is 54.4 Å². The van der Waals surface area contributed by atoms with Crippen molar-refractivity contribution in [1.82, 2.24) is 4.90 Å². The molecular formula is C21H24F2N2O4. The lowest BCUT2D eigenvalue weighted by molar-refractivity contribution is -0.114. The molecule has 0 radical (unpaired) electrons. The van der Waals surface area contributed by atoms with Gasteiger partial charge in [0.1, 0.15) is 41.9 Å². The summed E-state index contributed by atoms with van der Waals surface area (Å²) < 4.78 is 37.8. The highest BCUT2D eigenvalue weighted by molar-refractivity contribution is 5.90. The zero-order valence-electron chi connectivity index (χ0n) is 16.1. The predicted molar refractivity (Wildman–Crippen MR) is 104 cm³/mol. The van der Waals surface area contributed by atoms with Crippen LogP contribution in [-0.2, 0) is 4.79 Å². The molecule has 29 heavy (non-hydrogen) atoms. The lowest BCUT2D eigenvalue weighted by Crippen LogP contribution is -2.35. The Hall–Kier alpha value is -2.71. The van der Waals surface area contributed by atoms with E-state index in [4.69, 9.17) is 9.47 Å². The minimum absolute atomic E-state index is 0.0387. The fourth-order valence-electron chi connectivity index (χ4n) is 3.21. The van der Waals surface area contributed by atoms with Gasteiger partial charge in [0.05, 0.1) is 5.69 Å². The van der Waals surface area contributed by atoms with Crippen LogP contribution >= 0.6 is 0 Å². The van der Waals surface area contributed by atoms with Crippen molar-refractivity contribution in [3.8, 4) is 11.5 Å². The molecule has 2 atom stereocenters. The molecule has 1 amide bonds. The molecule has 1 aliphatic heterocycles.